The standard InChI is InChI=1S/C26H21Br2N7O2/c27-20-13-22(34(25(20)28)16-36-14-18-7-3-1-4-8-18)23-24-21(11-12-30-23)31-26(32-33-29)35(24)17-37-15-19-9-5-2-6-10-19/h1-13H,14-17H2. The first kappa shape index (κ1) is 25.2. The lowest BCUT2D eigenvalue weighted by Gasteiger charge is -2.14. The number of fused-ring (bicyclic) bond motifs is 1. The third-order valence-corrected chi connectivity index (χ3v) is 7.66. The van der Waals surface area contributed by atoms with Crippen LogP contribution in [0.5, 0.6) is 0 Å². The normalized spacial score (nSPS) is 11.1. The van der Waals surface area contributed by atoms with Gasteiger partial charge >= 0.3 is 0 Å². The van der Waals surface area contributed by atoms with E-state index in [0.29, 0.717) is 29.9 Å². The first-order chi connectivity index (χ1) is 18.2. The van der Waals surface area contributed by atoms with Crippen LogP contribution in [0.25, 0.3) is 32.9 Å². The van der Waals surface area contributed by atoms with E-state index in [1.54, 1.807) is 16.8 Å². The highest BCUT2D eigenvalue weighted by atomic mass is 79.9. The molecule has 2 aromatic carbocycles. The van der Waals surface area contributed by atoms with Gasteiger partial charge in [0, 0.05) is 11.1 Å². The maximum atomic E-state index is 9.15. The minimum absolute atomic E-state index is 0.131. The van der Waals surface area contributed by atoms with Crippen LogP contribution in [0.15, 0.2) is 93.2 Å². The average molecular weight is 623 g/mol. The van der Waals surface area contributed by atoms with Gasteiger partial charge < -0.3 is 14.0 Å². The Bertz CT molecular complexity index is 1560. The van der Waals surface area contributed by atoms with E-state index in [1.807, 2.05) is 71.3 Å². The van der Waals surface area contributed by atoms with Crippen LogP contribution in [0.3, 0.4) is 0 Å². The molecule has 11 heteroatoms. The van der Waals surface area contributed by atoms with E-state index in [2.05, 4.69) is 51.9 Å². The second kappa shape index (κ2) is 11.7. The summed E-state index contributed by atoms with van der Waals surface area (Å²) in [6, 6.07) is 23.6. The van der Waals surface area contributed by atoms with Gasteiger partial charge in [0.15, 0.2) is 5.95 Å². The lowest BCUT2D eigenvalue weighted by atomic mass is 10.2. The first-order valence-electron chi connectivity index (χ1n) is 11.3. The predicted molar refractivity (Wildman–Crippen MR) is 148 cm³/mol. The summed E-state index contributed by atoms with van der Waals surface area (Å²) >= 11 is 7.28. The highest BCUT2D eigenvalue weighted by Crippen LogP contribution is 2.36. The van der Waals surface area contributed by atoms with Gasteiger partial charge in [-0.15, -0.1) is 0 Å². The summed E-state index contributed by atoms with van der Waals surface area (Å²) in [5.41, 5.74) is 14.1. The zero-order valence-electron chi connectivity index (χ0n) is 19.5. The van der Waals surface area contributed by atoms with Crippen molar-refractivity contribution in [1.29, 1.82) is 0 Å². The van der Waals surface area contributed by atoms with E-state index in [4.69, 9.17) is 15.0 Å². The molecule has 0 radical (unpaired) electrons. The van der Waals surface area contributed by atoms with E-state index in [0.717, 1.165) is 25.9 Å². The Morgan fingerprint density at radius 2 is 1.49 bits per heavy atom. The monoisotopic (exact) mass is 621 g/mol. The quantitative estimate of drug-likeness (QED) is 0.0903. The summed E-state index contributed by atoms with van der Waals surface area (Å²) in [6.45, 7) is 1.28. The number of rotatable bonds is 10. The Morgan fingerprint density at radius 3 is 2.11 bits per heavy atom. The maximum absolute atomic E-state index is 9.15. The van der Waals surface area contributed by atoms with Crippen molar-refractivity contribution in [2.45, 2.75) is 26.7 Å². The number of halogens is 2. The van der Waals surface area contributed by atoms with Crippen molar-refractivity contribution in [1.82, 2.24) is 19.1 Å². The van der Waals surface area contributed by atoms with Crippen molar-refractivity contribution < 1.29 is 9.47 Å². The van der Waals surface area contributed by atoms with Crippen molar-refractivity contribution in [3.05, 3.63) is 110 Å². The SMILES string of the molecule is [N-]=[N+]=Nc1nc2ccnc(-c3cc(Br)c(Br)n3COCc3ccccc3)c2n1COCc1ccccc1. The molecule has 0 aliphatic rings. The van der Waals surface area contributed by atoms with Crippen LogP contribution in [0, 0.1) is 0 Å². The molecule has 9 nitrogen and oxygen atoms in total. The minimum Gasteiger partial charge on any atom is -0.356 e. The van der Waals surface area contributed by atoms with Crippen molar-refractivity contribution in [3.63, 3.8) is 0 Å². The topological polar surface area (TPSA) is 103 Å². The van der Waals surface area contributed by atoms with Gasteiger partial charge in [-0.25, -0.2) is 4.98 Å². The molecule has 0 fully saturated rings. The highest BCUT2D eigenvalue weighted by molar-refractivity contribution is 9.13. The molecule has 0 spiro atoms. The summed E-state index contributed by atoms with van der Waals surface area (Å²) in [7, 11) is 0. The van der Waals surface area contributed by atoms with E-state index >= 15 is 0 Å². The number of nitrogens with zero attached hydrogens (tertiary/aromatic N) is 7. The summed E-state index contributed by atoms with van der Waals surface area (Å²) in [6.07, 6.45) is 1.68. The number of pyridine rings is 1. The van der Waals surface area contributed by atoms with Gasteiger partial charge in [-0.05, 0) is 65.8 Å². The Hall–Kier alpha value is -3.47. The van der Waals surface area contributed by atoms with E-state index < -0.39 is 0 Å². The van der Waals surface area contributed by atoms with Crippen molar-refractivity contribution in [3.8, 4) is 11.4 Å². The molecule has 3 heterocycles. The number of hydrogen-bond donors (Lipinski definition) is 0. The first-order valence-corrected chi connectivity index (χ1v) is 12.9. The smallest absolute Gasteiger partial charge is 0.199 e. The van der Waals surface area contributed by atoms with Gasteiger partial charge in [-0.2, -0.15) is 0 Å². The fourth-order valence-corrected chi connectivity index (χ4v) is 4.81. The Labute approximate surface area is 229 Å². The zero-order valence-corrected chi connectivity index (χ0v) is 22.7. The number of azide groups is 1. The third-order valence-electron chi connectivity index (χ3n) is 5.66. The van der Waals surface area contributed by atoms with Crippen molar-refractivity contribution in [2.75, 3.05) is 0 Å². The van der Waals surface area contributed by atoms with Crippen LogP contribution in [-0.4, -0.2) is 19.1 Å². The highest BCUT2D eigenvalue weighted by Gasteiger charge is 2.21. The molecule has 0 saturated carbocycles. The van der Waals surface area contributed by atoms with Crippen LogP contribution >= 0.6 is 31.9 Å². The van der Waals surface area contributed by atoms with E-state index in [-0.39, 0.29) is 19.4 Å². The summed E-state index contributed by atoms with van der Waals surface area (Å²) in [5.74, 6) is 0.205. The molecule has 5 aromatic rings. The Kier molecular flexibility index (Phi) is 7.98. The van der Waals surface area contributed by atoms with Gasteiger partial charge in [0.25, 0.3) is 0 Å². The molecular weight excluding hydrogens is 602 g/mol. The van der Waals surface area contributed by atoms with Crippen molar-refractivity contribution >= 4 is 48.8 Å². The lowest BCUT2D eigenvalue weighted by Crippen LogP contribution is -2.07. The number of ether oxygens (including phenoxy) is 2. The van der Waals surface area contributed by atoms with Crippen LogP contribution in [0.2, 0.25) is 0 Å². The molecule has 0 aliphatic carbocycles. The van der Waals surface area contributed by atoms with Gasteiger partial charge in [0.1, 0.15) is 23.8 Å². The van der Waals surface area contributed by atoms with Crippen LogP contribution in [-0.2, 0) is 36.1 Å². The van der Waals surface area contributed by atoms with E-state index in [1.165, 1.54) is 0 Å². The maximum Gasteiger partial charge on any atom is 0.199 e. The number of hydrogen-bond acceptors (Lipinski definition) is 5. The second-order valence-electron chi connectivity index (χ2n) is 8.08. The summed E-state index contributed by atoms with van der Waals surface area (Å²) in [5, 5.41) is 3.81. The molecule has 0 bridgehead atoms. The Balaban J connectivity index is 1.50. The molecule has 0 amide bonds. The molecule has 0 unspecified atom stereocenters. The molecule has 0 atom stereocenters. The third kappa shape index (κ3) is 5.61. The van der Waals surface area contributed by atoms with E-state index in [9.17, 15) is 0 Å². The summed E-state index contributed by atoms with van der Waals surface area (Å²) < 4.78 is 17.4. The van der Waals surface area contributed by atoms with Gasteiger partial charge in [0.2, 0.25) is 0 Å². The summed E-state index contributed by atoms with van der Waals surface area (Å²) in [4.78, 5) is 12.2. The Morgan fingerprint density at radius 1 is 0.865 bits per heavy atom. The van der Waals surface area contributed by atoms with Crippen LogP contribution in [0.1, 0.15) is 11.1 Å². The molecular formula is C26H21Br2N7O2. The number of imidazole rings is 1. The molecule has 0 saturated heterocycles. The van der Waals surface area contributed by atoms with Crippen LogP contribution < -0.4 is 0 Å². The minimum atomic E-state index is 0.131. The largest absolute Gasteiger partial charge is 0.356 e. The lowest BCUT2D eigenvalue weighted by molar-refractivity contribution is 0.0637. The fraction of sp³-hybridized carbons (Fsp3) is 0.154. The van der Waals surface area contributed by atoms with Gasteiger partial charge in [-0.1, -0.05) is 60.7 Å². The zero-order chi connectivity index (χ0) is 25.6. The van der Waals surface area contributed by atoms with Gasteiger partial charge in [0.05, 0.1) is 34.4 Å². The number of benzene rings is 2. The van der Waals surface area contributed by atoms with Crippen molar-refractivity contribution in [2.24, 2.45) is 5.11 Å². The second-order valence-corrected chi connectivity index (χ2v) is 9.68. The predicted octanol–water partition coefficient (Wildman–Crippen LogP) is 7.72. The average Bonchev–Trinajstić information content (AvgIpc) is 3.42. The van der Waals surface area contributed by atoms with Crippen LogP contribution in [0.4, 0.5) is 5.95 Å². The van der Waals surface area contributed by atoms with Gasteiger partial charge in [-0.3, -0.25) is 9.55 Å². The fourth-order valence-electron chi connectivity index (χ4n) is 3.97. The molecule has 186 valence electrons. The molecule has 0 N–H and O–H groups in total. The number of aromatic nitrogens is 4. The molecule has 3 aromatic heterocycles. The molecule has 0 aliphatic heterocycles. The molecule has 37 heavy (non-hydrogen) atoms. The molecule has 5 rings (SSSR count).